The molecule has 15 heavy (non-hydrogen) atoms. The number of halogens is 1. The van der Waals surface area contributed by atoms with Gasteiger partial charge in [-0.15, -0.1) is 11.3 Å². The first-order valence-corrected chi connectivity index (χ1v) is 6.69. The number of rotatable bonds is 6. The molecule has 2 rings (SSSR count). The maximum absolute atomic E-state index is 6.14. The SMILES string of the molecule is Cc1csc(CNCCNC2CC2)c1Cl. The van der Waals surface area contributed by atoms with Crippen LogP contribution in [0.2, 0.25) is 5.02 Å². The molecule has 2 N–H and O–H groups in total. The summed E-state index contributed by atoms with van der Waals surface area (Å²) in [4.78, 5) is 1.25. The highest BCUT2D eigenvalue weighted by Gasteiger charge is 2.19. The summed E-state index contributed by atoms with van der Waals surface area (Å²) in [6.07, 6.45) is 2.71. The predicted molar refractivity (Wildman–Crippen MR) is 66.8 cm³/mol. The smallest absolute Gasteiger partial charge is 0.0587 e. The van der Waals surface area contributed by atoms with Gasteiger partial charge in [0.25, 0.3) is 0 Å². The van der Waals surface area contributed by atoms with Crippen LogP contribution in [0.4, 0.5) is 0 Å². The quantitative estimate of drug-likeness (QED) is 0.752. The van der Waals surface area contributed by atoms with Gasteiger partial charge >= 0.3 is 0 Å². The molecule has 0 atom stereocenters. The molecule has 1 aliphatic carbocycles. The highest BCUT2D eigenvalue weighted by atomic mass is 35.5. The molecule has 0 amide bonds. The zero-order valence-electron chi connectivity index (χ0n) is 8.98. The van der Waals surface area contributed by atoms with Crippen molar-refractivity contribution in [2.45, 2.75) is 32.4 Å². The molecule has 0 aromatic carbocycles. The first-order chi connectivity index (χ1) is 7.27. The van der Waals surface area contributed by atoms with E-state index < -0.39 is 0 Å². The Morgan fingerprint density at radius 2 is 2.27 bits per heavy atom. The van der Waals surface area contributed by atoms with Crippen LogP contribution in [-0.2, 0) is 6.54 Å². The minimum Gasteiger partial charge on any atom is -0.313 e. The Bertz CT molecular complexity index is 320. The van der Waals surface area contributed by atoms with Gasteiger partial charge in [-0.1, -0.05) is 11.6 Å². The molecule has 2 nitrogen and oxygen atoms in total. The van der Waals surface area contributed by atoms with Gasteiger partial charge in [0, 0.05) is 30.6 Å². The van der Waals surface area contributed by atoms with E-state index in [9.17, 15) is 0 Å². The highest BCUT2D eigenvalue weighted by Crippen LogP contribution is 2.26. The van der Waals surface area contributed by atoms with E-state index in [0.717, 1.165) is 30.7 Å². The fourth-order valence-corrected chi connectivity index (χ4v) is 2.66. The minimum atomic E-state index is 0.805. The van der Waals surface area contributed by atoms with Crippen LogP contribution < -0.4 is 10.6 Å². The normalized spacial score (nSPS) is 15.9. The van der Waals surface area contributed by atoms with Crippen molar-refractivity contribution in [3.05, 3.63) is 20.8 Å². The maximum Gasteiger partial charge on any atom is 0.0587 e. The number of nitrogens with one attached hydrogen (secondary N) is 2. The molecule has 1 aromatic heterocycles. The summed E-state index contributed by atoms with van der Waals surface area (Å²) < 4.78 is 0. The lowest BCUT2D eigenvalue weighted by Crippen LogP contribution is -2.28. The third-order valence-electron chi connectivity index (χ3n) is 2.57. The Morgan fingerprint density at radius 1 is 1.47 bits per heavy atom. The number of aryl methyl sites for hydroxylation is 1. The molecular formula is C11H17ClN2S. The molecule has 0 aliphatic heterocycles. The molecule has 1 heterocycles. The van der Waals surface area contributed by atoms with Crippen molar-refractivity contribution < 1.29 is 0 Å². The van der Waals surface area contributed by atoms with Crippen molar-refractivity contribution in [3.8, 4) is 0 Å². The van der Waals surface area contributed by atoms with Crippen LogP contribution >= 0.6 is 22.9 Å². The van der Waals surface area contributed by atoms with E-state index in [4.69, 9.17) is 11.6 Å². The second kappa shape index (κ2) is 5.30. The molecule has 84 valence electrons. The second-order valence-electron chi connectivity index (χ2n) is 4.06. The molecule has 1 aliphatic rings. The Kier molecular flexibility index (Phi) is 4.03. The van der Waals surface area contributed by atoms with Crippen molar-refractivity contribution in [1.82, 2.24) is 10.6 Å². The molecular weight excluding hydrogens is 228 g/mol. The van der Waals surface area contributed by atoms with Crippen LogP contribution in [0.25, 0.3) is 0 Å². The average Bonchev–Trinajstić information content (AvgIpc) is 2.99. The Morgan fingerprint density at radius 3 is 2.87 bits per heavy atom. The second-order valence-corrected chi connectivity index (χ2v) is 5.40. The van der Waals surface area contributed by atoms with Gasteiger partial charge in [-0.05, 0) is 30.7 Å². The molecule has 0 bridgehead atoms. The first-order valence-electron chi connectivity index (χ1n) is 5.44. The maximum atomic E-state index is 6.14. The van der Waals surface area contributed by atoms with Gasteiger partial charge in [0.1, 0.15) is 0 Å². The topological polar surface area (TPSA) is 24.1 Å². The van der Waals surface area contributed by atoms with Crippen molar-refractivity contribution in [3.63, 3.8) is 0 Å². The summed E-state index contributed by atoms with van der Waals surface area (Å²) in [5.41, 5.74) is 1.19. The van der Waals surface area contributed by atoms with Crippen LogP contribution in [0.1, 0.15) is 23.3 Å². The number of thiophene rings is 1. The number of hydrogen-bond acceptors (Lipinski definition) is 3. The molecule has 1 saturated carbocycles. The zero-order chi connectivity index (χ0) is 10.7. The van der Waals surface area contributed by atoms with Gasteiger partial charge in [-0.2, -0.15) is 0 Å². The van der Waals surface area contributed by atoms with E-state index in [1.165, 1.54) is 23.3 Å². The van der Waals surface area contributed by atoms with Crippen LogP contribution in [0.3, 0.4) is 0 Å². The first kappa shape index (κ1) is 11.4. The molecule has 1 aromatic rings. The monoisotopic (exact) mass is 244 g/mol. The van der Waals surface area contributed by atoms with Crippen molar-refractivity contribution in [2.24, 2.45) is 0 Å². The molecule has 0 spiro atoms. The van der Waals surface area contributed by atoms with Gasteiger partial charge < -0.3 is 10.6 Å². The Balaban J connectivity index is 1.62. The van der Waals surface area contributed by atoms with E-state index >= 15 is 0 Å². The van der Waals surface area contributed by atoms with E-state index in [0.29, 0.717) is 0 Å². The third kappa shape index (κ3) is 3.45. The predicted octanol–water partition coefficient (Wildman–Crippen LogP) is 2.55. The van der Waals surface area contributed by atoms with Crippen LogP contribution in [-0.4, -0.2) is 19.1 Å². The standard InChI is InChI=1S/C11H17ClN2S/c1-8-7-15-10(11(8)12)6-13-4-5-14-9-2-3-9/h7,9,13-14H,2-6H2,1H3. The van der Waals surface area contributed by atoms with E-state index in [2.05, 4.69) is 22.9 Å². The van der Waals surface area contributed by atoms with E-state index in [-0.39, 0.29) is 0 Å². The summed E-state index contributed by atoms with van der Waals surface area (Å²) >= 11 is 7.87. The molecule has 1 fully saturated rings. The molecule has 0 saturated heterocycles. The fraction of sp³-hybridized carbons (Fsp3) is 0.636. The Labute approximate surface area is 100 Å². The fourth-order valence-electron chi connectivity index (χ4n) is 1.46. The van der Waals surface area contributed by atoms with Gasteiger partial charge in [-0.3, -0.25) is 0 Å². The lowest BCUT2D eigenvalue weighted by atomic mass is 10.3. The summed E-state index contributed by atoms with van der Waals surface area (Å²) in [5.74, 6) is 0. The van der Waals surface area contributed by atoms with Crippen LogP contribution in [0, 0.1) is 6.92 Å². The number of hydrogen-bond donors (Lipinski definition) is 2. The van der Waals surface area contributed by atoms with Gasteiger partial charge in [0.05, 0.1) is 5.02 Å². The summed E-state index contributed by atoms with van der Waals surface area (Å²) in [6.45, 7) is 5.02. The molecule has 4 heteroatoms. The Hall–Kier alpha value is -0.0900. The van der Waals surface area contributed by atoms with E-state index in [1.807, 2.05) is 0 Å². The minimum absolute atomic E-state index is 0.805. The summed E-state index contributed by atoms with van der Waals surface area (Å²) in [5, 5.41) is 9.92. The zero-order valence-corrected chi connectivity index (χ0v) is 10.5. The van der Waals surface area contributed by atoms with Crippen molar-refractivity contribution >= 4 is 22.9 Å². The van der Waals surface area contributed by atoms with Crippen molar-refractivity contribution in [2.75, 3.05) is 13.1 Å². The average molecular weight is 245 g/mol. The molecule has 0 unspecified atom stereocenters. The molecule has 0 radical (unpaired) electrons. The van der Waals surface area contributed by atoms with Crippen LogP contribution in [0.5, 0.6) is 0 Å². The summed E-state index contributed by atoms with van der Waals surface area (Å²) in [7, 11) is 0. The highest BCUT2D eigenvalue weighted by molar-refractivity contribution is 7.10. The summed E-state index contributed by atoms with van der Waals surface area (Å²) in [6, 6.07) is 0.805. The van der Waals surface area contributed by atoms with Crippen molar-refractivity contribution in [1.29, 1.82) is 0 Å². The van der Waals surface area contributed by atoms with E-state index in [1.54, 1.807) is 11.3 Å². The lowest BCUT2D eigenvalue weighted by molar-refractivity contribution is 0.611. The van der Waals surface area contributed by atoms with Gasteiger partial charge in [0.15, 0.2) is 0 Å². The van der Waals surface area contributed by atoms with Gasteiger partial charge in [0.2, 0.25) is 0 Å². The van der Waals surface area contributed by atoms with Gasteiger partial charge in [-0.25, -0.2) is 0 Å². The van der Waals surface area contributed by atoms with Crippen LogP contribution in [0.15, 0.2) is 5.38 Å². The lowest BCUT2D eigenvalue weighted by Gasteiger charge is -2.04. The third-order valence-corrected chi connectivity index (χ3v) is 4.31. The largest absolute Gasteiger partial charge is 0.313 e.